The molecule has 0 aromatic heterocycles. The van der Waals surface area contributed by atoms with Crippen molar-refractivity contribution in [3.05, 3.63) is 83.9 Å². The average molecular weight is 454 g/mol. The summed E-state index contributed by atoms with van der Waals surface area (Å²) < 4.78 is 14.1. The summed E-state index contributed by atoms with van der Waals surface area (Å²) in [5.74, 6) is 4.15. The van der Waals surface area contributed by atoms with E-state index in [1.165, 1.54) is 10.1 Å². The lowest BCUT2D eigenvalue weighted by Gasteiger charge is -2.18. The van der Waals surface area contributed by atoms with Crippen LogP contribution in [-0.2, 0) is 0 Å². The number of hydrogen-bond acceptors (Lipinski definition) is 5. The van der Waals surface area contributed by atoms with Gasteiger partial charge in [0.2, 0.25) is 5.04 Å². The van der Waals surface area contributed by atoms with Crippen molar-refractivity contribution < 1.29 is 14.0 Å². The number of rotatable bonds is 10. The summed E-state index contributed by atoms with van der Waals surface area (Å²) in [5, 5.41) is 2.66. The van der Waals surface area contributed by atoms with E-state index in [9.17, 15) is 0 Å². The van der Waals surface area contributed by atoms with Gasteiger partial charge in [0.15, 0.2) is 13.1 Å². The van der Waals surface area contributed by atoms with Crippen LogP contribution in [0, 0.1) is 0 Å². The molecule has 2 aliphatic rings. The quantitative estimate of drug-likeness (QED) is 0.484. The second kappa shape index (κ2) is 11.9. The van der Waals surface area contributed by atoms with Gasteiger partial charge < -0.3 is 14.4 Å². The van der Waals surface area contributed by atoms with Crippen LogP contribution in [0.2, 0.25) is 0 Å². The molecule has 0 aliphatic carbocycles. The van der Waals surface area contributed by atoms with E-state index in [1.54, 1.807) is 0 Å². The molecule has 0 N–H and O–H groups in total. The molecule has 0 spiro atoms. The van der Waals surface area contributed by atoms with E-state index < -0.39 is 0 Å². The number of ether oxygens (including phenoxy) is 2. The molecule has 2 aliphatic heterocycles. The molecule has 6 heteroatoms. The number of allylic oxidation sites excluding steroid dienone is 2. The Morgan fingerprint density at radius 3 is 2.32 bits per heavy atom. The van der Waals surface area contributed by atoms with Crippen molar-refractivity contribution in [2.45, 2.75) is 0 Å². The molecule has 2 heterocycles. The summed E-state index contributed by atoms with van der Waals surface area (Å²) >= 11 is 3.84. The predicted molar refractivity (Wildman–Crippen MR) is 133 cm³/mol. The lowest BCUT2D eigenvalue weighted by Crippen LogP contribution is -2.24. The zero-order valence-corrected chi connectivity index (χ0v) is 19.3. The highest BCUT2D eigenvalue weighted by molar-refractivity contribution is 8.14. The minimum absolute atomic E-state index is 0.702. The Labute approximate surface area is 193 Å². The van der Waals surface area contributed by atoms with Crippen LogP contribution in [0.5, 0.6) is 11.5 Å². The number of para-hydroxylation sites is 2. The molecular weight excluding hydrogens is 424 g/mol. The maximum absolute atomic E-state index is 5.86. The van der Waals surface area contributed by atoms with Gasteiger partial charge in [-0.05, 0) is 30.3 Å². The van der Waals surface area contributed by atoms with Gasteiger partial charge in [0.25, 0.3) is 0 Å². The second-order valence-corrected chi connectivity index (χ2v) is 9.43. The fourth-order valence-electron chi connectivity index (χ4n) is 3.47. The van der Waals surface area contributed by atoms with Crippen molar-refractivity contribution in [2.24, 2.45) is 0 Å². The molecule has 1 saturated heterocycles. The minimum atomic E-state index is 0.702. The number of thioether (sulfide) groups is 2. The van der Waals surface area contributed by atoms with Gasteiger partial charge in [-0.15, -0.1) is 11.8 Å². The highest BCUT2D eigenvalue weighted by Crippen LogP contribution is 2.27. The summed E-state index contributed by atoms with van der Waals surface area (Å²) in [5.41, 5.74) is 0. The third kappa shape index (κ3) is 6.84. The zero-order valence-electron chi connectivity index (χ0n) is 17.7. The Morgan fingerprint density at radius 2 is 1.58 bits per heavy atom. The summed E-state index contributed by atoms with van der Waals surface area (Å²) in [4.78, 5) is 2.41. The number of benzene rings is 2. The molecule has 0 saturated carbocycles. The summed E-state index contributed by atoms with van der Waals surface area (Å²) in [7, 11) is 0. The van der Waals surface area contributed by atoms with Crippen LogP contribution in [0.1, 0.15) is 0 Å². The fraction of sp³-hybridized carbons (Fsp3) is 0.320. The molecule has 4 rings (SSSR count). The van der Waals surface area contributed by atoms with E-state index in [0.717, 1.165) is 49.2 Å². The third-order valence-electron chi connectivity index (χ3n) is 5.07. The fourth-order valence-corrected chi connectivity index (χ4v) is 5.59. The predicted octanol–water partition coefficient (Wildman–Crippen LogP) is 4.75. The molecule has 4 nitrogen and oxygen atoms in total. The lowest BCUT2D eigenvalue weighted by molar-refractivity contribution is -0.518. The maximum Gasteiger partial charge on any atom is 0.235 e. The van der Waals surface area contributed by atoms with E-state index >= 15 is 0 Å². The normalized spacial score (nSPS) is 17.8. The van der Waals surface area contributed by atoms with E-state index in [1.807, 2.05) is 84.2 Å². The van der Waals surface area contributed by atoms with Gasteiger partial charge in [-0.3, -0.25) is 0 Å². The van der Waals surface area contributed by atoms with E-state index in [-0.39, 0.29) is 0 Å². The molecule has 2 aromatic carbocycles. The molecule has 2 aromatic rings. The van der Waals surface area contributed by atoms with E-state index in [4.69, 9.17) is 9.47 Å². The Morgan fingerprint density at radius 1 is 0.871 bits per heavy atom. The molecule has 0 amide bonds. The van der Waals surface area contributed by atoms with Crippen molar-refractivity contribution in [2.75, 3.05) is 50.9 Å². The maximum atomic E-state index is 5.86. The van der Waals surface area contributed by atoms with Gasteiger partial charge >= 0.3 is 0 Å². The van der Waals surface area contributed by atoms with Crippen LogP contribution in [0.4, 0.5) is 0 Å². The minimum Gasteiger partial charge on any atom is -0.492 e. The van der Waals surface area contributed by atoms with Crippen molar-refractivity contribution >= 4 is 28.6 Å². The lowest BCUT2D eigenvalue weighted by atomic mass is 10.3. The Balaban J connectivity index is 1.26. The van der Waals surface area contributed by atoms with Gasteiger partial charge in [-0.1, -0.05) is 54.2 Å². The molecule has 162 valence electrons. The van der Waals surface area contributed by atoms with Crippen molar-refractivity contribution in [3.63, 3.8) is 0 Å². The first-order valence-electron chi connectivity index (χ1n) is 10.7. The van der Waals surface area contributed by atoms with Crippen LogP contribution in [0.15, 0.2) is 83.9 Å². The largest absolute Gasteiger partial charge is 0.492 e. The molecule has 31 heavy (non-hydrogen) atoms. The summed E-state index contributed by atoms with van der Waals surface area (Å²) in [6.45, 7) is 5.39. The Hall–Kier alpha value is -2.31. The van der Waals surface area contributed by atoms with Crippen molar-refractivity contribution in [3.8, 4) is 11.5 Å². The van der Waals surface area contributed by atoms with Gasteiger partial charge in [-0.2, -0.15) is 0 Å². The first-order valence-corrected chi connectivity index (χ1v) is 12.7. The van der Waals surface area contributed by atoms with Gasteiger partial charge in [0, 0.05) is 18.4 Å². The van der Waals surface area contributed by atoms with Gasteiger partial charge in [0.05, 0.1) is 17.3 Å². The molecule has 0 atom stereocenters. The standard InChI is InChI=1S/C25H29N2O2S2/c1-3-8-22(9-4-1)28-18-14-26-16-20-30-24(26)12-7-13-25-27(17-21-31-25)15-19-29-23-10-5-2-6-11-23/h1-13H,14-21H2/q+1. The smallest absolute Gasteiger partial charge is 0.235 e. The first kappa shape index (κ1) is 21.9. The molecule has 0 unspecified atom stereocenters. The molecule has 0 radical (unpaired) electrons. The first-order chi connectivity index (χ1) is 15.4. The summed E-state index contributed by atoms with van der Waals surface area (Å²) in [6, 6.07) is 20.1. The molecule has 0 bridgehead atoms. The van der Waals surface area contributed by atoms with Gasteiger partial charge in [-0.25, -0.2) is 4.58 Å². The van der Waals surface area contributed by atoms with E-state index in [2.05, 4.69) is 27.7 Å². The molecular formula is C25H29N2O2S2+. The van der Waals surface area contributed by atoms with E-state index in [0.29, 0.717) is 13.2 Å². The molecule has 1 fully saturated rings. The third-order valence-corrected chi connectivity index (χ3v) is 7.22. The number of hydrogen-bond donors (Lipinski definition) is 0. The van der Waals surface area contributed by atoms with Crippen molar-refractivity contribution in [1.82, 2.24) is 4.90 Å². The van der Waals surface area contributed by atoms with Crippen molar-refractivity contribution in [1.29, 1.82) is 0 Å². The van der Waals surface area contributed by atoms with Crippen LogP contribution < -0.4 is 9.47 Å². The Kier molecular flexibility index (Phi) is 8.42. The highest BCUT2D eigenvalue weighted by Gasteiger charge is 2.21. The number of nitrogens with zero attached hydrogens (tertiary/aromatic N) is 2. The SMILES string of the molecule is C(=CC1=[N+](CCOc2ccccc2)CCS1)C=C1SCCN1CCOc1ccccc1. The summed E-state index contributed by atoms with van der Waals surface area (Å²) in [6.07, 6.45) is 6.67. The second-order valence-electron chi connectivity index (χ2n) is 7.20. The van der Waals surface area contributed by atoms with Crippen LogP contribution in [-0.4, -0.2) is 65.4 Å². The average Bonchev–Trinajstić information content (AvgIpc) is 3.45. The van der Waals surface area contributed by atoms with Gasteiger partial charge in [0.1, 0.15) is 24.7 Å². The Bertz CT molecular complexity index is 914. The monoisotopic (exact) mass is 453 g/mol. The van der Waals surface area contributed by atoms with Crippen LogP contribution in [0.25, 0.3) is 0 Å². The van der Waals surface area contributed by atoms with Crippen LogP contribution >= 0.6 is 23.5 Å². The zero-order chi connectivity index (χ0) is 21.1. The highest BCUT2D eigenvalue weighted by atomic mass is 32.2. The topological polar surface area (TPSA) is 24.7 Å². The van der Waals surface area contributed by atoms with Crippen LogP contribution in [0.3, 0.4) is 0 Å².